The maximum Gasteiger partial charge on any atom is 0.0587 e. The van der Waals surface area contributed by atoms with Crippen LogP contribution in [0.15, 0.2) is 48.5 Å². The summed E-state index contributed by atoms with van der Waals surface area (Å²) in [4.78, 5) is 2.47. The lowest BCUT2D eigenvalue weighted by atomic mass is 9.95. The predicted molar refractivity (Wildman–Crippen MR) is 133 cm³/mol. The van der Waals surface area contributed by atoms with Crippen molar-refractivity contribution < 1.29 is 0 Å². The highest BCUT2D eigenvalue weighted by Crippen LogP contribution is 2.61. The molecule has 160 valence electrons. The van der Waals surface area contributed by atoms with E-state index in [1.165, 1.54) is 62.1 Å². The third-order valence-electron chi connectivity index (χ3n) is 6.06. The molecule has 0 spiro atoms. The Morgan fingerprint density at radius 2 is 1.47 bits per heavy atom. The highest BCUT2D eigenvalue weighted by molar-refractivity contribution is 9.10. The molecule has 2 aliphatic rings. The molecule has 2 fully saturated rings. The molecule has 2 aromatic carbocycles. The Morgan fingerprint density at radius 1 is 0.867 bits per heavy atom. The van der Waals surface area contributed by atoms with Crippen LogP contribution in [0.3, 0.4) is 0 Å². The second kappa shape index (κ2) is 10.4. The van der Waals surface area contributed by atoms with E-state index in [0.29, 0.717) is 0 Å². The van der Waals surface area contributed by atoms with E-state index in [2.05, 4.69) is 92.3 Å². The first-order chi connectivity index (χ1) is 14.4. The van der Waals surface area contributed by atoms with E-state index in [0.717, 1.165) is 19.5 Å². The molecule has 0 atom stereocenters. The molecule has 2 aliphatic carbocycles. The summed E-state index contributed by atoms with van der Waals surface area (Å²) in [6.07, 6.45) is 8.61. The topological polar surface area (TPSA) is 27.0 Å². The van der Waals surface area contributed by atoms with Crippen LogP contribution in [0.2, 0.25) is 0 Å². The van der Waals surface area contributed by atoms with Gasteiger partial charge in [0.05, 0.1) is 14.7 Å². The van der Waals surface area contributed by atoms with Gasteiger partial charge in [0.1, 0.15) is 0 Å². The predicted octanol–water partition coefficient (Wildman–Crippen LogP) is 7.09. The Labute approximate surface area is 198 Å². The van der Waals surface area contributed by atoms with Crippen molar-refractivity contribution in [2.24, 2.45) is 0 Å². The van der Waals surface area contributed by atoms with Gasteiger partial charge in [0.2, 0.25) is 0 Å². The van der Waals surface area contributed by atoms with E-state index in [9.17, 15) is 0 Å². The molecule has 0 aliphatic heterocycles. The number of hydrogen-bond donors (Lipinski definition) is 0. The van der Waals surface area contributed by atoms with Gasteiger partial charge in [0.15, 0.2) is 0 Å². The van der Waals surface area contributed by atoms with E-state index in [1.54, 1.807) is 11.6 Å². The lowest BCUT2D eigenvalue weighted by Crippen LogP contribution is -2.22. The molecule has 2 nitrogen and oxygen atoms in total. The van der Waals surface area contributed by atoms with Crippen molar-refractivity contribution in [2.45, 2.75) is 60.5 Å². The zero-order valence-corrected chi connectivity index (χ0v) is 21.3. The normalized spacial score (nSPS) is 17.6. The Hall–Kier alpha value is -1.15. The van der Waals surface area contributed by atoms with Crippen LogP contribution >= 0.6 is 31.9 Å². The minimum atomic E-state index is 0.258. The van der Waals surface area contributed by atoms with Crippen molar-refractivity contribution >= 4 is 31.9 Å². The molecular weight excluding hydrogens is 500 g/mol. The summed E-state index contributed by atoms with van der Waals surface area (Å²) in [5.41, 5.74) is 6.00. The van der Waals surface area contributed by atoms with Crippen molar-refractivity contribution in [1.29, 1.82) is 5.26 Å². The Balaban J connectivity index is 0.000000806. The van der Waals surface area contributed by atoms with Crippen molar-refractivity contribution in [3.8, 4) is 6.07 Å². The Morgan fingerprint density at radius 3 is 2.07 bits per heavy atom. The fourth-order valence-electron chi connectivity index (χ4n) is 3.90. The SMILES string of the molecule is CC#N.CN(CCCc1ccc(C2(Br)CC2)c(C2(Br)CC2)c1)CCc1ccccc1. The molecule has 0 radical (unpaired) electrons. The standard InChI is InChI=1S/C24H29Br2N.C2H3N/c1-27(17-11-19-6-3-2-4-7-19)16-5-8-20-9-10-21(23(25)12-13-23)22(18-20)24(26)14-15-24;1-2-3/h2-4,6-7,9-10,18H,5,8,11-17H2,1H3;1H3. The van der Waals surface area contributed by atoms with Crippen LogP contribution in [0.4, 0.5) is 0 Å². The fraction of sp³-hybridized carbons (Fsp3) is 0.500. The highest BCUT2D eigenvalue weighted by atomic mass is 79.9. The maximum absolute atomic E-state index is 7.32. The van der Waals surface area contributed by atoms with Crippen LogP contribution in [-0.4, -0.2) is 25.0 Å². The van der Waals surface area contributed by atoms with Crippen LogP contribution < -0.4 is 0 Å². The van der Waals surface area contributed by atoms with E-state index >= 15 is 0 Å². The lowest BCUT2D eigenvalue weighted by molar-refractivity contribution is 0.333. The summed E-state index contributed by atoms with van der Waals surface area (Å²) in [7, 11) is 2.25. The molecule has 0 N–H and O–H groups in total. The second-order valence-electron chi connectivity index (χ2n) is 8.68. The van der Waals surface area contributed by atoms with Gasteiger partial charge in [-0.1, -0.05) is 80.4 Å². The minimum absolute atomic E-state index is 0.258. The van der Waals surface area contributed by atoms with Gasteiger partial charge in [-0.25, -0.2) is 0 Å². The zero-order valence-electron chi connectivity index (χ0n) is 18.1. The smallest absolute Gasteiger partial charge is 0.0587 e. The first-order valence-electron chi connectivity index (χ1n) is 11.0. The summed E-state index contributed by atoms with van der Waals surface area (Å²) in [5.74, 6) is 0. The highest BCUT2D eigenvalue weighted by Gasteiger charge is 2.49. The number of aryl methyl sites for hydroxylation is 1. The first-order valence-corrected chi connectivity index (χ1v) is 12.5. The molecule has 4 heteroatoms. The van der Waals surface area contributed by atoms with Crippen molar-refractivity contribution in [1.82, 2.24) is 4.90 Å². The van der Waals surface area contributed by atoms with Gasteiger partial charge < -0.3 is 4.90 Å². The molecule has 30 heavy (non-hydrogen) atoms. The largest absolute Gasteiger partial charge is 0.306 e. The van der Waals surface area contributed by atoms with Crippen molar-refractivity contribution in [3.05, 3.63) is 70.8 Å². The number of nitrogens with zero attached hydrogens (tertiary/aromatic N) is 2. The van der Waals surface area contributed by atoms with Crippen molar-refractivity contribution in [2.75, 3.05) is 20.1 Å². The summed E-state index contributed by atoms with van der Waals surface area (Å²) in [5, 5.41) is 7.32. The molecule has 2 saturated carbocycles. The van der Waals surface area contributed by atoms with Crippen LogP contribution in [0.25, 0.3) is 0 Å². The van der Waals surface area contributed by atoms with E-state index in [4.69, 9.17) is 5.26 Å². The van der Waals surface area contributed by atoms with Crippen LogP contribution in [0.1, 0.15) is 61.3 Å². The van der Waals surface area contributed by atoms with Gasteiger partial charge in [-0.05, 0) is 80.8 Å². The maximum atomic E-state index is 7.32. The molecule has 0 aromatic heterocycles. The van der Waals surface area contributed by atoms with Gasteiger partial charge in [0, 0.05) is 13.5 Å². The number of hydrogen-bond acceptors (Lipinski definition) is 2. The number of rotatable bonds is 9. The molecule has 0 heterocycles. The van der Waals surface area contributed by atoms with Gasteiger partial charge >= 0.3 is 0 Å². The number of benzene rings is 2. The molecular formula is C26H32Br2N2. The molecule has 4 rings (SSSR count). The van der Waals surface area contributed by atoms with Crippen LogP contribution in [0, 0.1) is 11.3 Å². The third-order valence-corrected chi connectivity index (χ3v) is 8.50. The molecule has 0 bridgehead atoms. The third kappa shape index (κ3) is 6.42. The van der Waals surface area contributed by atoms with Gasteiger partial charge in [-0.15, -0.1) is 0 Å². The number of nitriles is 1. The molecule has 2 aromatic rings. The number of alkyl halides is 2. The lowest BCUT2D eigenvalue weighted by Gasteiger charge is -2.20. The van der Waals surface area contributed by atoms with Crippen molar-refractivity contribution in [3.63, 3.8) is 0 Å². The average molecular weight is 532 g/mol. The van der Waals surface area contributed by atoms with Gasteiger partial charge in [0.25, 0.3) is 0 Å². The van der Waals surface area contributed by atoms with Crippen LogP contribution in [-0.2, 0) is 21.5 Å². The first kappa shape index (κ1) is 23.5. The summed E-state index contributed by atoms with van der Waals surface area (Å²) >= 11 is 7.98. The van der Waals surface area contributed by atoms with Gasteiger partial charge in [-0.3, -0.25) is 0 Å². The Kier molecular flexibility index (Phi) is 8.18. The molecule has 0 unspecified atom stereocenters. The summed E-state index contributed by atoms with van der Waals surface area (Å²) in [6.45, 7) is 3.72. The van der Waals surface area contributed by atoms with E-state index in [-0.39, 0.29) is 8.65 Å². The monoisotopic (exact) mass is 530 g/mol. The molecule has 0 amide bonds. The van der Waals surface area contributed by atoms with Crippen LogP contribution in [0.5, 0.6) is 0 Å². The van der Waals surface area contributed by atoms with E-state index in [1.807, 2.05) is 0 Å². The Bertz CT molecular complexity index is 864. The number of likely N-dealkylation sites (N-methyl/N-ethyl adjacent to an activating group) is 1. The second-order valence-corrected chi connectivity index (χ2v) is 11.7. The van der Waals surface area contributed by atoms with Gasteiger partial charge in [-0.2, -0.15) is 5.26 Å². The molecule has 0 saturated heterocycles. The minimum Gasteiger partial charge on any atom is -0.306 e. The quantitative estimate of drug-likeness (QED) is 0.323. The summed E-state index contributed by atoms with van der Waals surface area (Å²) in [6, 6.07) is 19.8. The van der Waals surface area contributed by atoms with E-state index < -0.39 is 0 Å². The fourth-order valence-corrected chi connectivity index (χ4v) is 4.97. The number of halogens is 2. The summed E-state index contributed by atoms with van der Waals surface area (Å²) < 4.78 is 0.524. The zero-order chi connectivity index (χ0) is 21.6. The average Bonchev–Trinajstić information content (AvgIpc) is 3.67.